The Kier molecular flexibility index (Phi) is 6.85. The normalized spacial score (nSPS) is 15.9. The van der Waals surface area contributed by atoms with Crippen molar-refractivity contribution in [1.82, 2.24) is 14.9 Å². The zero-order valence-electron chi connectivity index (χ0n) is 17.9. The summed E-state index contributed by atoms with van der Waals surface area (Å²) >= 11 is 0. The van der Waals surface area contributed by atoms with E-state index >= 15 is 0 Å². The number of piperidine rings is 1. The van der Waals surface area contributed by atoms with E-state index in [1.807, 2.05) is 45.0 Å². The molecule has 0 saturated carbocycles. The maximum atomic E-state index is 12.8. The molecule has 0 radical (unpaired) electrons. The van der Waals surface area contributed by atoms with Crippen molar-refractivity contribution >= 4 is 5.78 Å². The van der Waals surface area contributed by atoms with E-state index in [9.17, 15) is 4.79 Å². The van der Waals surface area contributed by atoms with Crippen LogP contribution in [0.25, 0.3) is 0 Å². The number of likely N-dealkylation sites (tertiary alicyclic amines) is 1. The van der Waals surface area contributed by atoms with Crippen molar-refractivity contribution in [3.63, 3.8) is 0 Å². The quantitative estimate of drug-likeness (QED) is 0.710. The van der Waals surface area contributed by atoms with E-state index in [1.165, 1.54) is 0 Å². The monoisotopic (exact) mass is 397 g/mol. The first-order valence-corrected chi connectivity index (χ1v) is 10.2. The molecule has 3 rings (SSSR count). The maximum absolute atomic E-state index is 12.8. The number of carbonyl (C=O) groups excluding carboxylic acids is 1. The molecule has 0 aliphatic carbocycles. The van der Waals surface area contributed by atoms with E-state index in [0.29, 0.717) is 24.6 Å². The second-order valence-corrected chi connectivity index (χ2v) is 8.53. The van der Waals surface area contributed by atoms with Gasteiger partial charge in [0.2, 0.25) is 5.88 Å². The standard InChI is InChI=1S/C23H31N3O3/c1-23(2,3)29-22-19(24-11-12-25-22)16-26-13-9-17(10-14-26)20(27)15-18-7-5-6-8-21(18)28-4/h5-8,11-12,17H,9-10,13-16H2,1-4H3. The highest BCUT2D eigenvalue weighted by molar-refractivity contribution is 5.84. The Morgan fingerprint density at radius 2 is 1.83 bits per heavy atom. The molecule has 6 nitrogen and oxygen atoms in total. The zero-order valence-corrected chi connectivity index (χ0v) is 17.9. The number of ketones is 1. The van der Waals surface area contributed by atoms with Crippen LogP contribution in [0.1, 0.15) is 44.9 Å². The summed E-state index contributed by atoms with van der Waals surface area (Å²) in [5.74, 6) is 1.77. The van der Waals surface area contributed by atoms with Crippen LogP contribution < -0.4 is 9.47 Å². The van der Waals surface area contributed by atoms with E-state index in [4.69, 9.17) is 9.47 Å². The molecule has 1 saturated heterocycles. The van der Waals surface area contributed by atoms with Crippen molar-refractivity contribution in [3.8, 4) is 11.6 Å². The van der Waals surface area contributed by atoms with Gasteiger partial charge in [-0.1, -0.05) is 18.2 Å². The van der Waals surface area contributed by atoms with Crippen molar-refractivity contribution in [3.05, 3.63) is 47.9 Å². The molecule has 0 bridgehead atoms. The first-order valence-electron chi connectivity index (χ1n) is 10.2. The number of methoxy groups -OCH3 is 1. The van der Waals surface area contributed by atoms with Gasteiger partial charge in [-0.25, -0.2) is 4.98 Å². The molecule has 0 atom stereocenters. The van der Waals surface area contributed by atoms with Crippen molar-refractivity contribution in [2.75, 3.05) is 20.2 Å². The van der Waals surface area contributed by atoms with Crippen LogP contribution in [0.2, 0.25) is 0 Å². The Morgan fingerprint density at radius 3 is 2.52 bits per heavy atom. The van der Waals surface area contributed by atoms with Crippen LogP contribution in [0.3, 0.4) is 0 Å². The molecule has 1 aromatic heterocycles. The van der Waals surface area contributed by atoms with Gasteiger partial charge in [0.25, 0.3) is 0 Å². The van der Waals surface area contributed by atoms with E-state index in [1.54, 1.807) is 19.5 Å². The molecule has 29 heavy (non-hydrogen) atoms. The first kappa shape index (κ1) is 21.2. The topological polar surface area (TPSA) is 64.5 Å². The average molecular weight is 398 g/mol. The van der Waals surface area contributed by atoms with E-state index in [-0.39, 0.29) is 11.5 Å². The van der Waals surface area contributed by atoms with E-state index in [0.717, 1.165) is 42.9 Å². The number of Topliss-reactive ketones (excluding diaryl/α,β-unsaturated/α-hetero) is 1. The molecule has 1 aromatic carbocycles. The summed E-state index contributed by atoms with van der Waals surface area (Å²) < 4.78 is 11.3. The smallest absolute Gasteiger partial charge is 0.237 e. The molecule has 0 amide bonds. The van der Waals surface area contributed by atoms with Crippen molar-refractivity contribution < 1.29 is 14.3 Å². The number of para-hydroxylation sites is 1. The average Bonchev–Trinajstić information content (AvgIpc) is 2.69. The minimum absolute atomic E-state index is 0.100. The number of carbonyl (C=O) groups is 1. The number of hydrogen-bond acceptors (Lipinski definition) is 6. The highest BCUT2D eigenvalue weighted by Crippen LogP contribution is 2.26. The second kappa shape index (κ2) is 9.35. The lowest BCUT2D eigenvalue weighted by Crippen LogP contribution is -2.37. The highest BCUT2D eigenvalue weighted by atomic mass is 16.5. The van der Waals surface area contributed by atoms with Crippen LogP contribution in [-0.4, -0.2) is 46.5 Å². The SMILES string of the molecule is COc1ccccc1CC(=O)C1CCN(Cc2nccnc2OC(C)(C)C)CC1. The van der Waals surface area contributed by atoms with Crippen LogP contribution in [0.15, 0.2) is 36.7 Å². The fourth-order valence-corrected chi connectivity index (χ4v) is 3.64. The fraction of sp³-hybridized carbons (Fsp3) is 0.522. The highest BCUT2D eigenvalue weighted by Gasteiger charge is 2.27. The second-order valence-electron chi connectivity index (χ2n) is 8.53. The molecule has 0 spiro atoms. The largest absolute Gasteiger partial charge is 0.496 e. The Hall–Kier alpha value is -2.47. The van der Waals surface area contributed by atoms with Gasteiger partial charge >= 0.3 is 0 Å². The van der Waals surface area contributed by atoms with Gasteiger partial charge in [-0.05, 0) is 52.8 Å². The molecule has 0 unspecified atom stereocenters. The Balaban J connectivity index is 1.55. The molecule has 2 heterocycles. The summed E-state index contributed by atoms with van der Waals surface area (Å²) in [4.78, 5) is 24.0. The van der Waals surface area contributed by atoms with Gasteiger partial charge in [-0.3, -0.25) is 14.7 Å². The lowest BCUT2D eigenvalue weighted by molar-refractivity contribution is -0.123. The summed E-state index contributed by atoms with van der Waals surface area (Å²) in [7, 11) is 1.64. The summed E-state index contributed by atoms with van der Waals surface area (Å²) in [5, 5.41) is 0. The third kappa shape index (κ3) is 6.00. The molecule has 0 N–H and O–H groups in total. The van der Waals surface area contributed by atoms with Crippen molar-refractivity contribution in [2.24, 2.45) is 5.92 Å². The minimum Gasteiger partial charge on any atom is -0.496 e. The predicted molar refractivity (Wildman–Crippen MR) is 112 cm³/mol. The van der Waals surface area contributed by atoms with Crippen LogP contribution in [-0.2, 0) is 17.8 Å². The minimum atomic E-state index is -0.317. The third-order valence-electron chi connectivity index (χ3n) is 5.11. The van der Waals surface area contributed by atoms with Gasteiger partial charge in [-0.15, -0.1) is 0 Å². The van der Waals surface area contributed by atoms with Crippen molar-refractivity contribution in [2.45, 2.75) is 52.2 Å². The Labute approximate surface area is 173 Å². The molecule has 1 fully saturated rings. The van der Waals surface area contributed by atoms with Gasteiger partial charge in [0.15, 0.2) is 0 Å². The molecule has 2 aromatic rings. The summed E-state index contributed by atoms with van der Waals surface area (Å²) in [5.41, 5.74) is 1.50. The molecule has 6 heteroatoms. The van der Waals surface area contributed by atoms with Gasteiger partial charge in [-0.2, -0.15) is 0 Å². The maximum Gasteiger partial charge on any atom is 0.237 e. The van der Waals surface area contributed by atoms with Gasteiger partial charge < -0.3 is 9.47 Å². The lowest BCUT2D eigenvalue weighted by atomic mass is 9.89. The van der Waals surface area contributed by atoms with Gasteiger partial charge in [0.1, 0.15) is 22.8 Å². The first-order chi connectivity index (χ1) is 13.9. The van der Waals surface area contributed by atoms with Crippen LogP contribution in [0.5, 0.6) is 11.6 Å². The zero-order chi connectivity index (χ0) is 20.9. The number of aromatic nitrogens is 2. The summed E-state index contributed by atoms with van der Waals surface area (Å²) in [6.45, 7) is 8.44. The van der Waals surface area contributed by atoms with Crippen LogP contribution in [0, 0.1) is 5.92 Å². The van der Waals surface area contributed by atoms with E-state index < -0.39 is 0 Å². The lowest BCUT2D eigenvalue weighted by Gasteiger charge is -2.31. The molecular formula is C23H31N3O3. The Bertz CT molecular complexity index is 824. The number of nitrogens with zero attached hydrogens (tertiary/aromatic N) is 3. The van der Waals surface area contributed by atoms with Crippen LogP contribution >= 0.6 is 0 Å². The molecular weight excluding hydrogens is 366 g/mol. The molecule has 1 aliphatic heterocycles. The van der Waals surface area contributed by atoms with Crippen LogP contribution in [0.4, 0.5) is 0 Å². The fourth-order valence-electron chi connectivity index (χ4n) is 3.64. The number of hydrogen-bond donors (Lipinski definition) is 0. The number of benzene rings is 1. The molecule has 1 aliphatic rings. The van der Waals surface area contributed by atoms with Gasteiger partial charge in [0, 0.05) is 36.8 Å². The Morgan fingerprint density at radius 1 is 1.14 bits per heavy atom. The number of rotatable bonds is 7. The summed E-state index contributed by atoms with van der Waals surface area (Å²) in [6, 6.07) is 7.75. The number of ether oxygens (including phenoxy) is 2. The van der Waals surface area contributed by atoms with E-state index in [2.05, 4.69) is 14.9 Å². The predicted octanol–water partition coefficient (Wildman–Crippen LogP) is 3.69. The summed E-state index contributed by atoms with van der Waals surface area (Å²) in [6.07, 6.45) is 5.53. The third-order valence-corrected chi connectivity index (χ3v) is 5.11. The molecule has 156 valence electrons. The van der Waals surface area contributed by atoms with Crippen molar-refractivity contribution in [1.29, 1.82) is 0 Å². The van der Waals surface area contributed by atoms with Gasteiger partial charge in [0.05, 0.1) is 7.11 Å².